The molecule has 3 heteroatoms. The highest BCUT2D eigenvalue weighted by Gasteiger charge is 2.60. The van der Waals surface area contributed by atoms with Crippen molar-refractivity contribution in [3.8, 4) is 0 Å². The lowest BCUT2D eigenvalue weighted by atomic mass is 9.62. The van der Waals surface area contributed by atoms with Gasteiger partial charge in [-0.3, -0.25) is 4.90 Å². The zero-order chi connectivity index (χ0) is 41.7. The minimum atomic E-state index is 0.518. The highest BCUT2D eigenvalue weighted by atomic mass is 16.5. The van der Waals surface area contributed by atoms with Crippen molar-refractivity contribution < 1.29 is 9.47 Å². The summed E-state index contributed by atoms with van der Waals surface area (Å²) in [5, 5.41) is 0. The van der Waals surface area contributed by atoms with Crippen LogP contribution in [0.4, 0.5) is 0 Å². The predicted octanol–water partition coefficient (Wildman–Crippen LogP) is 15.9. The molecule has 11 unspecified atom stereocenters. The van der Waals surface area contributed by atoms with E-state index in [9.17, 15) is 0 Å². The molecular formula is C60H99NO2. The normalized spacial score (nSPS) is 50.3. The Kier molecular flexibility index (Phi) is 14.1. The summed E-state index contributed by atoms with van der Waals surface area (Å²) in [7, 11) is 0. The average Bonchev–Trinajstić information content (AvgIpc) is 3.94. The molecule has 12 rings (SSSR count). The molecule has 12 fully saturated rings. The zero-order valence-electron chi connectivity index (χ0n) is 41.0. The lowest BCUT2D eigenvalue weighted by Gasteiger charge is -2.52. The van der Waals surface area contributed by atoms with Gasteiger partial charge in [0.05, 0.1) is 24.4 Å². The molecule has 0 amide bonds. The number of hydrogen-bond donors (Lipinski definition) is 0. The lowest BCUT2D eigenvalue weighted by Crippen LogP contribution is -2.54. The van der Waals surface area contributed by atoms with Gasteiger partial charge >= 0.3 is 0 Å². The largest absolute Gasteiger partial charge is 0.374 e. The molecule has 0 N–H and O–H groups in total. The molecule has 0 aromatic rings. The van der Waals surface area contributed by atoms with Crippen molar-refractivity contribution in [2.75, 3.05) is 0 Å². The molecule has 63 heavy (non-hydrogen) atoms. The van der Waals surface area contributed by atoms with E-state index in [0.717, 1.165) is 101 Å². The molecule has 356 valence electrons. The second-order valence-corrected chi connectivity index (χ2v) is 26.6. The van der Waals surface area contributed by atoms with Crippen LogP contribution in [0.5, 0.6) is 0 Å². The SMILES string of the molecule is C1CCC(C2CCC(C3CCC(N(C4CCC(C5CCC(C6CCCCC6)CC5)CC4)C4CCCC(C5CCCC6C7CCC8OC9CCCCC9C8C7OC56)C4)CC3)CC2)CC1. The van der Waals surface area contributed by atoms with E-state index < -0.39 is 0 Å². The van der Waals surface area contributed by atoms with Gasteiger partial charge in [0, 0.05) is 24.0 Å². The van der Waals surface area contributed by atoms with Gasteiger partial charge in [-0.2, -0.15) is 0 Å². The Balaban J connectivity index is 0.711. The summed E-state index contributed by atoms with van der Waals surface area (Å²) in [4.78, 5) is 3.40. The quantitative estimate of drug-likeness (QED) is 0.243. The zero-order valence-corrected chi connectivity index (χ0v) is 41.0. The lowest BCUT2D eigenvalue weighted by molar-refractivity contribution is -0.0899. The number of fused-ring (bicyclic) bond motifs is 7. The molecule has 3 nitrogen and oxygen atoms in total. The molecule has 0 aromatic heterocycles. The van der Waals surface area contributed by atoms with Gasteiger partial charge in [0.2, 0.25) is 0 Å². The molecule has 0 spiro atoms. The summed E-state index contributed by atoms with van der Waals surface area (Å²) in [6.07, 6.45) is 61.4. The molecule has 10 saturated carbocycles. The van der Waals surface area contributed by atoms with Crippen LogP contribution in [0.1, 0.15) is 250 Å². The van der Waals surface area contributed by atoms with E-state index >= 15 is 0 Å². The second kappa shape index (κ2) is 20.1. The first-order valence-electron chi connectivity index (χ1n) is 30.3. The standard InChI is InChI=1S/C60H99NO2/c1-3-11-40(12-4-1)42-21-25-44(26-22-42)46-29-33-49(34-30-46)61(50-35-31-47(32-36-50)45-27-23-43(24-28-45)41-13-5-2-6-14-41)51-16-9-15-48(39-51)52-18-10-19-53-54-37-38-57-58(60(54)63-59(52)53)55-17-7-8-20-56(55)62-57/h40-60H,1-39H2. The van der Waals surface area contributed by atoms with Gasteiger partial charge in [-0.15, -0.1) is 0 Å². The fourth-order valence-electron chi connectivity index (χ4n) is 21.0. The van der Waals surface area contributed by atoms with Crippen LogP contribution >= 0.6 is 0 Å². The number of nitrogens with zero attached hydrogens (tertiary/aromatic N) is 1. The van der Waals surface area contributed by atoms with E-state index in [4.69, 9.17) is 9.47 Å². The third-order valence-corrected chi connectivity index (χ3v) is 24.0. The molecule has 0 aromatic carbocycles. The minimum Gasteiger partial charge on any atom is -0.374 e. The van der Waals surface area contributed by atoms with Gasteiger partial charge in [-0.1, -0.05) is 89.9 Å². The van der Waals surface area contributed by atoms with Crippen molar-refractivity contribution in [3.05, 3.63) is 0 Å². The fourth-order valence-corrected chi connectivity index (χ4v) is 21.0. The third-order valence-electron chi connectivity index (χ3n) is 24.0. The van der Waals surface area contributed by atoms with E-state index in [1.807, 2.05) is 0 Å². The highest BCUT2D eigenvalue weighted by molar-refractivity contribution is 5.08. The number of rotatable bonds is 8. The molecule has 2 heterocycles. The van der Waals surface area contributed by atoms with Crippen LogP contribution in [-0.4, -0.2) is 47.4 Å². The average molecular weight is 866 g/mol. The third kappa shape index (κ3) is 9.13. The Bertz CT molecular complexity index is 1360. The van der Waals surface area contributed by atoms with Gasteiger partial charge in [0.1, 0.15) is 0 Å². The Labute approximate surface area is 388 Å². The molecule has 2 saturated heterocycles. The Hall–Kier alpha value is -0.120. The van der Waals surface area contributed by atoms with Crippen LogP contribution in [0.25, 0.3) is 0 Å². The van der Waals surface area contributed by atoms with Gasteiger partial charge in [0.25, 0.3) is 0 Å². The molecule has 11 atom stereocenters. The van der Waals surface area contributed by atoms with E-state index in [1.54, 1.807) is 103 Å². The van der Waals surface area contributed by atoms with Crippen molar-refractivity contribution >= 4 is 0 Å². The summed E-state index contributed by atoms with van der Waals surface area (Å²) in [5.74, 6) is 13.5. The van der Waals surface area contributed by atoms with Crippen LogP contribution < -0.4 is 0 Å². The molecule has 0 radical (unpaired) electrons. The maximum Gasteiger partial charge on any atom is 0.0667 e. The van der Waals surface area contributed by atoms with Crippen LogP contribution in [-0.2, 0) is 9.47 Å². The first-order valence-corrected chi connectivity index (χ1v) is 30.3. The maximum absolute atomic E-state index is 7.65. The summed E-state index contributed by atoms with van der Waals surface area (Å²) in [6, 6.07) is 2.61. The van der Waals surface area contributed by atoms with Crippen molar-refractivity contribution in [3.63, 3.8) is 0 Å². The summed E-state index contributed by atoms with van der Waals surface area (Å²) in [5.41, 5.74) is 0. The highest BCUT2D eigenvalue weighted by Crippen LogP contribution is 2.59. The molecule has 10 aliphatic carbocycles. The van der Waals surface area contributed by atoms with E-state index in [0.29, 0.717) is 24.4 Å². The Morgan fingerprint density at radius 3 is 1.24 bits per heavy atom. The predicted molar refractivity (Wildman–Crippen MR) is 259 cm³/mol. The molecular weight excluding hydrogens is 767 g/mol. The van der Waals surface area contributed by atoms with Crippen LogP contribution in [0.3, 0.4) is 0 Å². The monoisotopic (exact) mass is 866 g/mol. The second-order valence-electron chi connectivity index (χ2n) is 26.6. The smallest absolute Gasteiger partial charge is 0.0667 e. The summed E-state index contributed by atoms with van der Waals surface area (Å²) >= 11 is 0. The minimum absolute atomic E-state index is 0.518. The van der Waals surface area contributed by atoms with Gasteiger partial charge in [-0.25, -0.2) is 0 Å². The summed E-state index contributed by atoms with van der Waals surface area (Å²) in [6.45, 7) is 0. The topological polar surface area (TPSA) is 21.7 Å². The Morgan fingerprint density at radius 2 is 0.667 bits per heavy atom. The van der Waals surface area contributed by atoms with E-state index in [-0.39, 0.29) is 0 Å². The van der Waals surface area contributed by atoms with Crippen molar-refractivity contribution in [1.82, 2.24) is 4.90 Å². The molecule has 2 aliphatic heterocycles. The fraction of sp³-hybridized carbons (Fsp3) is 1.00. The van der Waals surface area contributed by atoms with Crippen molar-refractivity contribution in [2.24, 2.45) is 82.9 Å². The van der Waals surface area contributed by atoms with E-state index in [2.05, 4.69) is 4.90 Å². The first kappa shape index (κ1) is 44.1. The number of ether oxygens (including phenoxy) is 2. The van der Waals surface area contributed by atoms with Gasteiger partial charge < -0.3 is 9.47 Å². The van der Waals surface area contributed by atoms with Gasteiger partial charge in [-0.05, 0) is 237 Å². The first-order chi connectivity index (χ1) is 31.2. The van der Waals surface area contributed by atoms with Crippen LogP contribution in [0.15, 0.2) is 0 Å². The summed E-state index contributed by atoms with van der Waals surface area (Å²) < 4.78 is 14.5. The van der Waals surface area contributed by atoms with Gasteiger partial charge in [0.15, 0.2) is 0 Å². The van der Waals surface area contributed by atoms with Crippen LogP contribution in [0.2, 0.25) is 0 Å². The van der Waals surface area contributed by atoms with Crippen molar-refractivity contribution in [1.29, 1.82) is 0 Å². The molecule has 12 aliphatic rings. The van der Waals surface area contributed by atoms with Crippen LogP contribution in [0, 0.1) is 82.9 Å². The molecule has 0 bridgehead atoms. The van der Waals surface area contributed by atoms with E-state index in [1.165, 1.54) is 148 Å². The number of hydrogen-bond acceptors (Lipinski definition) is 3. The van der Waals surface area contributed by atoms with Crippen molar-refractivity contribution in [2.45, 2.75) is 293 Å². The Morgan fingerprint density at radius 1 is 0.238 bits per heavy atom. The maximum atomic E-state index is 7.65.